The third-order valence-corrected chi connectivity index (χ3v) is 5.19. The second-order valence-corrected chi connectivity index (χ2v) is 8.60. The topological polar surface area (TPSA) is 58.6 Å². The van der Waals surface area contributed by atoms with Gasteiger partial charge in [-0.05, 0) is 73.7 Å². The van der Waals surface area contributed by atoms with Gasteiger partial charge in [0, 0.05) is 24.7 Å². The van der Waals surface area contributed by atoms with Gasteiger partial charge in [-0.3, -0.25) is 4.79 Å². The van der Waals surface area contributed by atoms with Crippen LogP contribution >= 0.6 is 11.3 Å². The van der Waals surface area contributed by atoms with Gasteiger partial charge in [0.1, 0.15) is 5.60 Å². The number of piperidine rings is 1. The molecule has 3 rings (SSSR count). The Morgan fingerprint density at radius 2 is 1.89 bits per heavy atom. The molecule has 1 aliphatic rings. The van der Waals surface area contributed by atoms with E-state index < -0.39 is 5.60 Å². The second-order valence-electron chi connectivity index (χ2n) is 7.82. The highest BCUT2D eigenvalue weighted by Gasteiger charge is 2.29. The number of nitrogens with zero attached hydrogens (tertiary/aromatic N) is 1. The molecule has 0 radical (unpaired) electrons. The molecule has 0 saturated carbocycles. The van der Waals surface area contributed by atoms with Crippen LogP contribution in [0.25, 0.3) is 11.1 Å². The first-order chi connectivity index (χ1) is 12.8. The fourth-order valence-electron chi connectivity index (χ4n) is 3.10. The van der Waals surface area contributed by atoms with E-state index in [4.69, 9.17) is 4.74 Å². The monoisotopic (exact) mass is 386 g/mol. The second kappa shape index (κ2) is 8.13. The molecular weight excluding hydrogens is 360 g/mol. The molecule has 0 bridgehead atoms. The van der Waals surface area contributed by atoms with Crippen molar-refractivity contribution in [2.24, 2.45) is 5.92 Å². The summed E-state index contributed by atoms with van der Waals surface area (Å²) in [6.07, 6.45) is 0.995. The molecule has 0 aliphatic carbocycles. The van der Waals surface area contributed by atoms with Gasteiger partial charge < -0.3 is 15.0 Å². The SMILES string of the molecule is CC(C)(C)OC(=O)N1CCC(C(=O)Nc2cccc(-c3ccsc3)c2)CC1. The van der Waals surface area contributed by atoms with Crippen molar-refractivity contribution in [2.45, 2.75) is 39.2 Å². The maximum Gasteiger partial charge on any atom is 0.410 e. The highest BCUT2D eigenvalue weighted by molar-refractivity contribution is 7.08. The molecule has 27 heavy (non-hydrogen) atoms. The number of ether oxygens (including phenoxy) is 1. The average Bonchev–Trinajstić information content (AvgIpc) is 3.15. The Balaban J connectivity index is 1.54. The summed E-state index contributed by atoms with van der Waals surface area (Å²) in [7, 11) is 0. The molecule has 0 unspecified atom stereocenters. The fourth-order valence-corrected chi connectivity index (χ4v) is 3.77. The Morgan fingerprint density at radius 3 is 2.52 bits per heavy atom. The molecule has 0 atom stereocenters. The maximum absolute atomic E-state index is 12.6. The number of amides is 2. The highest BCUT2D eigenvalue weighted by atomic mass is 32.1. The smallest absolute Gasteiger partial charge is 0.410 e. The standard InChI is InChI=1S/C21H26N2O3S/c1-21(2,3)26-20(25)23-10-7-15(8-11-23)19(24)22-18-6-4-5-16(13-18)17-9-12-27-14-17/h4-6,9,12-15H,7-8,10-11H2,1-3H3,(H,22,24). The third kappa shape index (κ3) is 5.32. The van der Waals surface area contributed by atoms with Crippen LogP contribution < -0.4 is 5.32 Å². The minimum atomic E-state index is -0.501. The zero-order valence-corrected chi connectivity index (χ0v) is 16.8. The van der Waals surface area contributed by atoms with Gasteiger partial charge in [-0.25, -0.2) is 4.79 Å². The van der Waals surface area contributed by atoms with E-state index in [1.54, 1.807) is 16.2 Å². The van der Waals surface area contributed by atoms with E-state index in [1.165, 1.54) is 0 Å². The minimum Gasteiger partial charge on any atom is -0.444 e. The van der Waals surface area contributed by atoms with Gasteiger partial charge in [0.15, 0.2) is 0 Å². The van der Waals surface area contributed by atoms with Gasteiger partial charge in [0.2, 0.25) is 5.91 Å². The van der Waals surface area contributed by atoms with Crippen LogP contribution in [0.3, 0.4) is 0 Å². The number of rotatable bonds is 3. The highest BCUT2D eigenvalue weighted by Crippen LogP contribution is 2.26. The largest absolute Gasteiger partial charge is 0.444 e. The van der Waals surface area contributed by atoms with E-state index in [1.807, 2.05) is 50.4 Å². The Kier molecular flexibility index (Phi) is 5.85. The van der Waals surface area contributed by atoms with E-state index in [0.29, 0.717) is 25.9 Å². The van der Waals surface area contributed by atoms with Crippen LogP contribution in [0.5, 0.6) is 0 Å². The molecule has 1 N–H and O–H groups in total. The minimum absolute atomic E-state index is 0.0151. The van der Waals surface area contributed by atoms with Crippen LogP contribution in [-0.4, -0.2) is 35.6 Å². The van der Waals surface area contributed by atoms with E-state index in [-0.39, 0.29) is 17.9 Å². The lowest BCUT2D eigenvalue weighted by Crippen LogP contribution is -2.43. The van der Waals surface area contributed by atoms with E-state index >= 15 is 0 Å². The summed E-state index contributed by atoms with van der Waals surface area (Å²) in [5.41, 5.74) is 2.55. The van der Waals surface area contributed by atoms with E-state index in [2.05, 4.69) is 16.8 Å². The molecule has 1 saturated heterocycles. The van der Waals surface area contributed by atoms with Gasteiger partial charge in [-0.15, -0.1) is 0 Å². The van der Waals surface area contributed by atoms with Crippen molar-refractivity contribution in [1.82, 2.24) is 4.90 Å². The number of hydrogen-bond acceptors (Lipinski definition) is 4. The van der Waals surface area contributed by atoms with Crippen LogP contribution in [-0.2, 0) is 9.53 Å². The molecular formula is C21H26N2O3S. The number of hydrogen-bond donors (Lipinski definition) is 1. The Bertz CT molecular complexity index is 788. The quantitative estimate of drug-likeness (QED) is 0.807. The number of likely N-dealkylation sites (tertiary alicyclic amines) is 1. The number of carbonyl (C=O) groups is 2. The summed E-state index contributed by atoms with van der Waals surface area (Å²) in [5.74, 6) is -0.0743. The van der Waals surface area contributed by atoms with Crippen LogP contribution in [0, 0.1) is 5.92 Å². The number of carbonyl (C=O) groups excluding carboxylic acids is 2. The first-order valence-electron chi connectivity index (χ1n) is 9.23. The van der Waals surface area contributed by atoms with E-state index in [0.717, 1.165) is 16.8 Å². The van der Waals surface area contributed by atoms with Crippen molar-refractivity contribution >= 4 is 29.0 Å². The lowest BCUT2D eigenvalue weighted by Gasteiger charge is -2.32. The predicted molar refractivity (Wildman–Crippen MR) is 109 cm³/mol. The van der Waals surface area contributed by atoms with Crippen LogP contribution in [0.15, 0.2) is 41.1 Å². The van der Waals surface area contributed by atoms with Crippen molar-refractivity contribution in [2.75, 3.05) is 18.4 Å². The Morgan fingerprint density at radius 1 is 1.15 bits per heavy atom. The molecule has 2 aromatic rings. The number of thiophene rings is 1. The van der Waals surface area contributed by atoms with Crippen molar-refractivity contribution in [3.63, 3.8) is 0 Å². The number of nitrogens with one attached hydrogen (secondary N) is 1. The van der Waals surface area contributed by atoms with Crippen LogP contribution in [0.4, 0.5) is 10.5 Å². The molecule has 2 amide bonds. The van der Waals surface area contributed by atoms with Crippen LogP contribution in [0.1, 0.15) is 33.6 Å². The first kappa shape index (κ1) is 19.4. The molecule has 1 aliphatic heterocycles. The van der Waals surface area contributed by atoms with Gasteiger partial charge in [0.25, 0.3) is 0 Å². The molecule has 2 heterocycles. The average molecular weight is 387 g/mol. The maximum atomic E-state index is 12.6. The number of anilines is 1. The molecule has 6 heteroatoms. The molecule has 1 aromatic heterocycles. The van der Waals surface area contributed by atoms with Crippen molar-refractivity contribution in [1.29, 1.82) is 0 Å². The summed E-state index contributed by atoms with van der Waals surface area (Å²) < 4.78 is 5.40. The van der Waals surface area contributed by atoms with E-state index in [9.17, 15) is 9.59 Å². The van der Waals surface area contributed by atoms with Crippen molar-refractivity contribution < 1.29 is 14.3 Å². The zero-order valence-electron chi connectivity index (χ0n) is 16.0. The Labute approximate surface area is 164 Å². The summed E-state index contributed by atoms with van der Waals surface area (Å²) in [6.45, 7) is 6.66. The third-order valence-electron chi connectivity index (χ3n) is 4.50. The Hall–Kier alpha value is -2.34. The summed E-state index contributed by atoms with van der Waals surface area (Å²) in [4.78, 5) is 26.4. The van der Waals surface area contributed by atoms with Gasteiger partial charge >= 0.3 is 6.09 Å². The fraction of sp³-hybridized carbons (Fsp3) is 0.429. The summed E-state index contributed by atoms with van der Waals surface area (Å²) >= 11 is 1.65. The van der Waals surface area contributed by atoms with Gasteiger partial charge in [-0.2, -0.15) is 11.3 Å². The van der Waals surface area contributed by atoms with Crippen molar-refractivity contribution in [3.05, 3.63) is 41.1 Å². The number of benzene rings is 1. The lowest BCUT2D eigenvalue weighted by atomic mass is 9.96. The zero-order chi connectivity index (χ0) is 19.4. The van der Waals surface area contributed by atoms with Gasteiger partial charge in [0.05, 0.1) is 0 Å². The summed E-state index contributed by atoms with van der Waals surface area (Å²) in [5, 5.41) is 7.16. The molecule has 1 aromatic carbocycles. The molecule has 5 nitrogen and oxygen atoms in total. The lowest BCUT2D eigenvalue weighted by molar-refractivity contribution is -0.121. The first-order valence-corrected chi connectivity index (χ1v) is 10.2. The van der Waals surface area contributed by atoms with Crippen molar-refractivity contribution in [3.8, 4) is 11.1 Å². The van der Waals surface area contributed by atoms with Gasteiger partial charge in [-0.1, -0.05) is 12.1 Å². The van der Waals surface area contributed by atoms with Crippen LogP contribution in [0.2, 0.25) is 0 Å². The summed E-state index contributed by atoms with van der Waals surface area (Å²) in [6, 6.07) is 9.96. The normalized spacial score (nSPS) is 15.4. The predicted octanol–water partition coefficient (Wildman–Crippen LogP) is 5.00. The molecule has 0 spiro atoms. The molecule has 144 valence electrons. The molecule has 1 fully saturated rings.